The fraction of sp³-hybridized carbons (Fsp3) is 0.300. The SMILES string of the molecule is CNc1ccc(-c2cc(N)nc(CC(C)c3ccnc4c3OCC4)n2)cn1. The Labute approximate surface area is 158 Å². The van der Waals surface area contributed by atoms with Crippen molar-refractivity contribution in [2.24, 2.45) is 0 Å². The van der Waals surface area contributed by atoms with Crippen molar-refractivity contribution < 1.29 is 4.74 Å². The molecule has 1 aliphatic rings. The molecule has 7 nitrogen and oxygen atoms in total. The van der Waals surface area contributed by atoms with Crippen LogP contribution in [-0.2, 0) is 12.8 Å². The summed E-state index contributed by atoms with van der Waals surface area (Å²) in [5, 5.41) is 3.01. The van der Waals surface area contributed by atoms with Gasteiger partial charge in [0.2, 0.25) is 0 Å². The molecule has 0 spiro atoms. The van der Waals surface area contributed by atoms with Crippen LogP contribution in [0.25, 0.3) is 11.3 Å². The smallest absolute Gasteiger partial charge is 0.144 e. The molecule has 0 bridgehead atoms. The Morgan fingerprint density at radius 1 is 1.22 bits per heavy atom. The summed E-state index contributed by atoms with van der Waals surface area (Å²) in [4.78, 5) is 17.9. The maximum absolute atomic E-state index is 6.04. The molecule has 0 fully saturated rings. The molecule has 0 radical (unpaired) electrons. The van der Waals surface area contributed by atoms with E-state index in [1.807, 2.05) is 31.4 Å². The van der Waals surface area contributed by atoms with Crippen molar-refractivity contribution in [2.75, 3.05) is 24.7 Å². The molecular formula is C20H22N6O. The zero-order valence-corrected chi connectivity index (χ0v) is 15.4. The molecule has 0 amide bonds. The van der Waals surface area contributed by atoms with Gasteiger partial charge in [0, 0.05) is 49.5 Å². The molecule has 7 heteroatoms. The highest BCUT2D eigenvalue weighted by atomic mass is 16.5. The maximum atomic E-state index is 6.04. The zero-order valence-electron chi connectivity index (χ0n) is 15.4. The third-order valence-corrected chi connectivity index (χ3v) is 4.72. The molecule has 3 aromatic rings. The molecule has 1 unspecified atom stereocenters. The maximum Gasteiger partial charge on any atom is 0.144 e. The monoisotopic (exact) mass is 362 g/mol. The lowest BCUT2D eigenvalue weighted by atomic mass is 9.96. The van der Waals surface area contributed by atoms with Crippen LogP contribution in [0.2, 0.25) is 0 Å². The van der Waals surface area contributed by atoms with E-state index in [-0.39, 0.29) is 5.92 Å². The van der Waals surface area contributed by atoms with Crippen LogP contribution in [0.4, 0.5) is 11.6 Å². The minimum atomic E-state index is 0.194. The summed E-state index contributed by atoms with van der Waals surface area (Å²) in [7, 11) is 1.84. The van der Waals surface area contributed by atoms with Crippen LogP contribution in [0, 0.1) is 0 Å². The van der Waals surface area contributed by atoms with Crippen LogP contribution in [0.1, 0.15) is 29.9 Å². The van der Waals surface area contributed by atoms with Gasteiger partial charge in [-0.05, 0) is 24.1 Å². The average molecular weight is 362 g/mol. The lowest BCUT2D eigenvalue weighted by Gasteiger charge is -2.15. The lowest BCUT2D eigenvalue weighted by Crippen LogP contribution is -2.07. The molecule has 4 rings (SSSR count). The Balaban J connectivity index is 1.61. The number of nitrogens with two attached hydrogens (primary N) is 1. The second-order valence-corrected chi connectivity index (χ2v) is 6.66. The van der Waals surface area contributed by atoms with E-state index in [1.165, 1.54) is 0 Å². The highest BCUT2D eigenvalue weighted by Gasteiger charge is 2.22. The standard InChI is InChI=1S/C20H22N6O/c1-12(14-5-7-23-15-6-8-27-20(14)15)9-19-25-16(10-17(21)26-19)13-3-4-18(22-2)24-11-13/h3-5,7,10-12H,6,8-9H2,1-2H3,(H,22,24)(H2,21,25,26). The number of ether oxygens (including phenoxy) is 1. The van der Waals surface area contributed by atoms with Crippen molar-refractivity contribution in [1.82, 2.24) is 19.9 Å². The number of nitrogen functional groups attached to an aromatic ring is 1. The number of hydrogen-bond acceptors (Lipinski definition) is 7. The van der Waals surface area contributed by atoms with E-state index in [1.54, 1.807) is 12.3 Å². The minimum Gasteiger partial charge on any atom is -0.491 e. The molecule has 138 valence electrons. The largest absolute Gasteiger partial charge is 0.491 e. The number of nitrogens with one attached hydrogen (secondary N) is 1. The van der Waals surface area contributed by atoms with Crippen molar-refractivity contribution in [1.29, 1.82) is 0 Å². The van der Waals surface area contributed by atoms with Crippen molar-refractivity contribution in [2.45, 2.75) is 25.7 Å². The third kappa shape index (κ3) is 3.53. The Bertz CT molecular complexity index is 957. The molecule has 0 aromatic carbocycles. The third-order valence-electron chi connectivity index (χ3n) is 4.72. The van der Waals surface area contributed by atoms with Gasteiger partial charge in [0.15, 0.2) is 0 Å². The van der Waals surface area contributed by atoms with Gasteiger partial charge < -0.3 is 15.8 Å². The predicted molar refractivity (Wildman–Crippen MR) is 105 cm³/mol. The number of hydrogen-bond donors (Lipinski definition) is 2. The molecule has 1 aliphatic heterocycles. The number of nitrogens with zero attached hydrogens (tertiary/aromatic N) is 4. The summed E-state index contributed by atoms with van der Waals surface area (Å²) in [6, 6.07) is 7.67. The first kappa shape index (κ1) is 17.2. The molecular weight excluding hydrogens is 340 g/mol. The fourth-order valence-corrected chi connectivity index (χ4v) is 3.32. The Morgan fingerprint density at radius 2 is 2.11 bits per heavy atom. The van der Waals surface area contributed by atoms with Crippen molar-refractivity contribution in [3.8, 4) is 17.0 Å². The van der Waals surface area contributed by atoms with Gasteiger partial charge in [0.05, 0.1) is 18.0 Å². The minimum absolute atomic E-state index is 0.194. The summed E-state index contributed by atoms with van der Waals surface area (Å²) in [5.41, 5.74) is 9.90. The highest BCUT2D eigenvalue weighted by molar-refractivity contribution is 5.62. The van der Waals surface area contributed by atoms with Gasteiger partial charge in [-0.25, -0.2) is 15.0 Å². The van der Waals surface area contributed by atoms with Crippen molar-refractivity contribution >= 4 is 11.6 Å². The van der Waals surface area contributed by atoms with Crippen LogP contribution in [0.15, 0.2) is 36.7 Å². The molecule has 4 heterocycles. The zero-order chi connectivity index (χ0) is 18.8. The molecule has 27 heavy (non-hydrogen) atoms. The fourth-order valence-electron chi connectivity index (χ4n) is 3.32. The van der Waals surface area contributed by atoms with E-state index in [4.69, 9.17) is 15.5 Å². The topological polar surface area (TPSA) is 98.8 Å². The van der Waals surface area contributed by atoms with E-state index < -0.39 is 0 Å². The van der Waals surface area contributed by atoms with Crippen molar-refractivity contribution in [3.05, 3.63) is 53.7 Å². The van der Waals surface area contributed by atoms with E-state index in [0.717, 1.165) is 40.5 Å². The predicted octanol–water partition coefficient (Wildman–Crippen LogP) is 2.84. The van der Waals surface area contributed by atoms with Crippen LogP contribution in [-0.4, -0.2) is 33.6 Å². The van der Waals surface area contributed by atoms with Gasteiger partial charge in [-0.15, -0.1) is 0 Å². The van der Waals surface area contributed by atoms with Crippen molar-refractivity contribution in [3.63, 3.8) is 0 Å². The van der Waals surface area contributed by atoms with Gasteiger partial charge in [-0.2, -0.15) is 0 Å². The summed E-state index contributed by atoms with van der Waals surface area (Å²) in [6.07, 6.45) is 5.16. The lowest BCUT2D eigenvalue weighted by molar-refractivity contribution is 0.351. The van der Waals surface area contributed by atoms with E-state index in [9.17, 15) is 0 Å². The van der Waals surface area contributed by atoms with Gasteiger partial charge in [-0.1, -0.05) is 6.92 Å². The molecule has 0 aliphatic carbocycles. The Kier molecular flexibility index (Phi) is 4.58. The molecule has 0 saturated heterocycles. The summed E-state index contributed by atoms with van der Waals surface area (Å²) >= 11 is 0. The first-order valence-corrected chi connectivity index (χ1v) is 9.02. The number of fused-ring (bicyclic) bond motifs is 1. The highest BCUT2D eigenvalue weighted by Crippen LogP contribution is 2.34. The number of pyridine rings is 2. The van der Waals surface area contributed by atoms with Crippen LogP contribution in [0.3, 0.4) is 0 Å². The average Bonchev–Trinajstić information content (AvgIpc) is 3.16. The van der Waals surface area contributed by atoms with Crippen LogP contribution >= 0.6 is 0 Å². The second-order valence-electron chi connectivity index (χ2n) is 6.66. The Morgan fingerprint density at radius 3 is 2.89 bits per heavy atom. The first-order chi connectivity index (χ1) is 13.1. The number of rotatable bonds is 5. The number of aromatic nitrogens is 4. The van der Waals surface area contributed by atoms with Gasteiger partial charge in [0.25, 0.3) is 0 Å². The first-order valence-electron chi connectivity index (χ1n) is 9.02. The quantitative estimate of drug-likeness (QED) is 0.720. The Hall–Kier alpha value is -3.22. The van der Waals surface area contributed by atoms with E-state index >= 15 is 0 Å². The van der Waals surface area contributed by atoms with Crippen LogP contribution in [0.5, 0.6) is 5.75 Å². The van der Waals surface area contributed by atoms with E-state index in [0.29, 0.717) is 24.7 Å². The van der Waals surface area contributed by atoms with Gasteiger partial charge in [-0.3, -0.25) is 4.98 Å². The normalized spacial score (nSPS) is 13.7. The van der Waals surface area contributed by atoms with Gasteiger partial charge >= 0.3 is 0 Å². The summed E-state index contributed by atoms with van der Waals surface area (Å²) < 4.78 is 5.78. The van der Waals surface area contributed by atoms with E-state index in [2.05, 4.69) is 27.2 Å². The molecule has 3 N–H and O–H groups in total. The molecule has 1 atom stereocenters. The van der Waals surface area contributed by atoms with Crippen LogP contribution < -0.4 is 15.8 Å². The molecule has 0 saturated carbocycles. The summed E-state index contributed by atoms with van der Waals surface area (Å²) in [6.45, 7) is 2.84. The summed E-state index contributed by atoms with van der Waals surface area (Å²) in [5.74, 6) is 3.08. The number of anilines is 2. The molecule has 3 aromatic heterocycles. The second kappa shape index (κ2) is 7.19. The van der Waals surface area contributed by atoms with Gasteiger partial charge in [0.1, 0.15) is 23.2 Å².